The third-order valence-electron chi connectivity index (χ3n) is 4.90. The average Bonchev–Trinajstić information content (AvgIpc) is 3.29. The summed E-state index contributed by atoms with van der Waals surface area (Å²) in [5, 5.41) is 1.89. The van der Waals surface area contributed by atoms with Crippen LogP contribution < -0.4 is 0 Å². The van der Waals surface area contributed by atoms with Gasteiger partial charge in [-0.15, -0.1) is 11.3 Å². The van der Waals surface area contributed by atoms with Crippen molar-refractivity contribution in [2.45, 2.75) is 32.6 Å². The first-order valence-electron chi connectivity index (χ1n) is 9.35. The number of esters is 1. The molecular weight excluding hydrogens is 352 g/mol. The number of hydrogen-bond donors (Lipinski definition) is 0. The summed E-state index contributed by atoms with van der Waals surface area (Å²) in [4.78, 5) is 41.7. The highest BCUT2D eigenvalue weighted by Gasteiger charge is 2.35. The summed E-state index contributed by atoms with van der Waals surface area (Å²) in [5.74, 6) is -0.115. The van der Waals surface area contributed by atoms with Gasteiger partial charge >= 0.3 is 5.97 Å². The fraction of sp³-hybridized carbons (Fsp3) is 0.632. The number of likely N-dealkylation sites (tertiary alicyclic amines) is 1. The van der Waals surface area contributed by atoms with Crippen molar-refractivity contribution in [3.63, 3.8) is 0 Å². The van der Waals surface area contributed by atoms with Crippen molar-refractivity contribution >= 4 is 29.1 Å². The van der Waals surface area contributed by atoms with Crippen LogP contribution >= 0.6 is 11.3 Å². The van der Waals surface area contributed by atoms with Crippen molar-refractivity contribution in [1.29, 1.82) is 0 Å². The molecule has 1 atom stereocenters. The number of carbonyl (C=O) groups excluding carboxylic acids is 3. The van der Waals surface area contributed by atoms with Gasteiger partial charge in [-0.2, -0.15) is 0 Å². The van der Waals surface area contributed by atoms with E-state index >= 15 is 0 Å². The molecule has 0 radical (unpaired) electrons. The molecule has 1 aromatic heterocycles. The Morgan fingerprint density at radius 2 is 2.12 bits per heavy atom. The highest BCUT2D eigenvalue weighted by Crippen LogP contribution is 2.31. The molecule has 26 heavy (non-hydrogen) atoms. The van der Waals surface area contributed by atoms with E-state index < -0.39 is 0 Å². The molecule has 142 valence electrons. The second kappa shape index (κ2) is 8.66. The fourth-order valence-corrected chi connectivity index (χ4v) is 4.08. The molecular formula is C19H26N2O4S. The summed E-state index contributed by atoms with van der Waals surface area (Å²) in [6.45, 7) is 3.82. The lowest BCUT2D eigenvalue weighted by atomic mass is 9.96. The van der Waals surface area contributed by atoms with Crippen molar-refractivity contribution in [3.8, 4) is 0 Å². The van der Waals surface area contributed by atoms with Gasteiger partial charge in [-0.3, -0.25) is 14.4 Å². The Bertz CT molecular complexity index is 642. The van der Waals surface area contributed by atoms with Crippen LogP contribution in [0, 0.1) is 11.8 Å². The van der Waals surface area contributed by atoms with E-state index in [4.69, 9.17) is 4.74 Å². The molecule has 2 amide bonds. The normalized spacial score (nSPS) is 19.9. The van der Waals surface area contributed by atoms with Gasteiger partial charge < -0.3 is 14.5 Å². The van der Waals surface area contributed by atoms with Gasteiger partial charge in [0.2, 0.25) is 5.91 Å². The van der Waals surface area contributed by atoms with Crippen LogP contribution in [0.4, 0.5) is 0 Å². The summed E-state index contributed by atoms with van der Waals surface area (Å²) in [5.41, 5.74) is 0. The first-order chi connectivity index (χ1) is 12.6. The van der Waals surface area contributed by atoms with Gasteiger partial charge in [0.05, 0.1) is 17.4 Å². The van der Waals surface area contributed by atoms with Crippen molar-refractivity contribution in [3.05, 3.63) is 22.4 Å². The van der Waals surface area contributed by atoms with Gasteiger partial charge in [-0.25, -0.2) is 0 Å². The van der Waals surface area contributed by atoms with E-state index in [1.807, 2.05) is 17.5 Å². The zero-order valence-electron chi connectivity index (χ0n) is 15.2. The van der Waals surface area contributed by atoms with E-state index in [2.05, 4.69) is 0 Å². The zero-order chi connectivity index (χ0) is 18.5. The zero-order valence-corrected chi connectivity index (χ0v) is 16.0. The predicted octanol–water partition coefficient (Wildman–Crippen LogP) is 2.40. The van der Waals surface area contributed by atoms with E-state index in [-0.39, 0.29) is 30.2 Å². The molecule has 1 unspecified atom stereocenters. The van der Waals surface area contributed by atoms with Gasteiger partial charge in [-0.05, 0) is 50.0 Å². The number of hydrogen-bond acceptors (Lipinski definition) is 5. The predicted molar refractivity (Wildman–Crippen MR) is 98.9 cm³/mol. The quantitative estimate of drug-likeness (QED) is 0.684. The molecule has 2 fully saturated rings. The summed E-state index contributed by atoms with van der Waals surface area (Å²) >= 11 is 1.42. The molecule has 0 bridgehead atoms. The minimum atomic E-state index is -0.358. The standard InChI is InChI=1S/C19H26N2O4S/c1-2-25-17(22)13-21(11-14-7-8-14)18(23)15-5-3-9-20(12-15)19(24)16-6-4-10-26-16/h4,6,10,14-15H,2-3,5,7-9,11-13H2,1H3. The monoisotopic (exact) mass is 378 g/mol. The molecule has 1 saturated heterocycles. The SMILES string of the molecule is CCOC(=O)CN(CC1CC1)C(=O)C1CCCN(C(=O)c2cccs2)C1. The maximum atomic E-state index is 13.0. The minimum absolute atomic E-state index is 0.00312. The largest absolute Gasteiger partial charge is 0.465 e. The lowest BCUT2D eigenvalue weighted by Crippen LogP contribution is -2.48. The van der Waals surface area contributed by atoms with E-state index in [9.17, 15) is 14.4 Å². The van der Waals surface area contributed by atoms with Crippen LogP contribution in [0.3, 0.4) is 0 Å². The van der Waals surface area contributed by atoms with E-state index in [1.165, 1.54) is 11.3 Å². The molecule has 7 heteroatoms. The van der Waals surface area contributed by atoms with Crippen LogP contribution in [-0.2, 0) is 14.3 Å². The molecule has 6 nitrogen and oxygen atoms in total. The molecule has 1 aliphatic carbocycles. The number of amides is 2. The lowest BCUT2D eigenvalue weighted by Gasteiger charge is -2.34. The number of nitrogens with zero attached hydrogens (tertiary/aromatic N) is 2. The van der Waals surface area contributed by atoms with Crippen LogP contribution in [0.1, 0.15) is 42.3 Å². The average molecular weight is 378 g/mol. The second-order valence-corrected chi connectivity index (χ2v) is 7.98. The molecule has 1 aromatic rings. The van der Waals surface area contributed by atoms with Gasteiger partial charge in [0.1, 0.15) is 6.54 Å². The second-order valence-electron chi connectivity index (χ2n) is 7.03. The maximum Gasteiger partial charge on any atom is 0.325 e. The Kier molecular flexibility index (Phi) is 6.29. The number of thiophene rings is 1. The van der Waals surface area contributed by atoms with Gasteiger partial charge in [-0.1, -0.05) is 6.07 Å². The Morgan fingerprint density at radius 1 is 1.31 bits per heavy atom. The van der Waals surface area contributed by atoms with E-state index in [0.717, 1.165) is 25.7 Å². The van der Waals surface area contributed by atoms with Crippen LogP contribution in [0.25, 0.3) is 0 Å². The summed E-state index contributed by atoms with van der Waals surface area (Å²) in [7, 11) is 0. The van der Waals surface area contributed by atoms with Crippen LogP contribution in [-0.4, -0.2) is 60.4 Å². The van der Waals surface area contributed by atoms with E-state index in [1.54, 1.807) is 16.7 Å². The van der Waals surface area contributed by atoms with Gasteiger partial charge in [0, 0.05) is 19.6 Å². The molecule has 0 spiro atoms. The molecule has 2 heterocycles. The molecule has 2 aliphatic rings. The topological polar surface area (TPSA) is 66.9 Å². The van der Waals surface area contributed by atoms with Gasteiger partial charge in [0.15, 0.2) is 0 Å². The van der Waals surface area contributed by atoms with Crippen molar-refractivity contribution < 1.29 is 19.1 Å². The maximum absolute atomic E-state index is 13.0. The number of carbonyl (C=O) groups is 3. The Morgan fingerprint density at radius 3 is 2.77 bits per heavy atom. The van der Waals surface area contributed by atoms with Gasteiger partial charge in [0.25, 0.3) is 5.91 Å². The molecule has 1 saturated carbocycles. The third kappa shape index (κ3) is 4.84. The molecule has 3 rings (SSSR count). The van der Waals surface area contributed by atoms with Crippen molar-refractivity contribution in [2.75, 3.05) is 32.8 Å². The van der Waals surface area contributed by atoms with Crippen LogP contribution in [0.2, 0.25) is 0 Å². The summed E-state index contributed by atoms with van der Waals surface area (Å²) in [6.07, 6.45) is 3.79. The first kappa shape index (κ1) is 18.9. The Balaban J connectivity index is 1.63. The summed E-state index contributed by atoms with van der Waals surface area (Å²) in [6, 6.07) is 3.68. The van der Waals surface area contributed by atoms with Crippen molar-refractivity contribution in [1.82, 2.24) is 9.80 Å². The molecule has 0 N–H and O–H groups in total. The Labute approximate surface area is 158 Å². The van der Waals surface area contributed by atoms with Crippen LogP contribution in [0.15, 0.2) is 17.5 Å². The smallest absolute Gasteiger partial charge is 0.325 e. The number of rotatable bonds is 7. The van der Waals surface area contributed by atoms with E-state index in [0.29, 0.717) is 37.0 Å². The van der Waals surface area contributed by atoms with Crippen LogP contribution in [0.5, 0.6) is 0 Å². The highest BCUT2D eigenvalue weighted by molar-refractivity contribution is 7.12. The highest BCUT2D eigenvalue weighted by atomic mass is 32.1. The lowest BCUT2D eigenvalue weighted by molar-refractivity contribution is -0.151. The summed E-state index contributed by atoms with van der Waals surface area (Å²) < 4.78 is 5.02. The fourth-order valence-electron chi connectivity index (χ4n) is 3.38. The third-order valence-corrected chi connectivity index (χ3v) is 5.76. The number of piperidine rings is 1. The number of ether oxygens (including phenoxy) is 1. The molecule has 0 aromatic carbocycles. The first-order valence-corrected chi connectivity index (χ1v) is 10.2. The Hall–Kier alpha value is -1.89. The minimum Gasteiger partial charge on any atom is -0.465 e. The molecule has 1 aliphatic heterocycles. The van der Waals surface area contributed by atoms with Crippen molar-refractivity contribution in [2.24, 2.45) is 11.8 Å².